The van der Waals surface area contributed by atoms with Crippen LogP contribution in [-0.2, 0) is 13.1 Å². The zero-order chi connectivity index (χ0) is 23.7. The molecule has 0 saturated carbocycles. The van der Waals surface area contributed by atoms with Crippen LogP contribution in [0, 0.1) is 6.92 Å². The molecular formula is C29H29ClN2O3. The van der Waals surface area contributed by atoms with Gasteiger partial charge in [-0.1, -0.05) is 54.1 Å². The van der Waals surface area contributed by atoms with Crippen LogP contribution in [0.25, 0.3) is 10.8 Å². The van der Waals surface area contributed by atoms with E-state index in [4.69, 9.17) is 14.2 Å². The minimum absolute atomic E-state index is 0. The number of aryl methyl sites for hydroxylation is 1. The second kappa shape index (κ2) is 10.3. The van der Waals surface area contributed by atoms with Gasteiger partial charge in [-0.25, -0.2) is 9.48 Å². The van der Waals surface area contributed by atoms with E-state index < -0.39 is 0 Å². The van der Waals surface area contributed by atoms with E-state index in [1.165, 1.54) is 33.3 Å². The molecule has 1 aliphatic heterocycles. The zero-order valence-electron chi connectivity index (χ0n) is 20.4. The Morgan fingerprint density at radius 3 is 2.11 bits per heavy atom. The minimum Gasteiger partial charge on any atom is -1.00 e. The summed E-state index contributed by atoms with van der Waals surface area (Å²) in [4.78, 5) is 2.34. The van der Waals surface area contributed by atoms with Crippen molar-refractivity contribution in [2.75, 3.05) is 26.2 Å². The highest BCUT2D eigenvalue weighted by Gasteiger charge is 2.27. The van der Waals surface area contributed by atoms with E-state index in [9.17, 15) is 0 Å². The number of hydrogen-bond acceptors (Lipinski definition) is 4. The summed E-state index contributed by atoms with van der Waals surface area (Å²) in [6.45, 7) is 3.59. The highest BCUT2D eigenvalue weighted by Crippen LogP contribution is 2.41. The lowest BCUT2D eigenvalue weighted by molar-refractivity contribution is -0.453. The smallest absolute Gasteiger partial charge is 0.245 e. The molecule has 1 aliphatic rings. The molecule has 6 heteroatoms. The Morgan fingerprint density at radius 1 is 0.771 bits per heavy atom. The van der Waals surface area contributed by atoms with E-state index in [1.807, 2.05) is 12.1 Å². The monoisotopic (exact) mass is 488 g/mol. The zero-order valence-corrected chi connectivity index (χ0v) is 21.2. The topological polar surface area (TPSA) is 33.9 Å². The van der Waals surface area contributed by atoms with Crippen LogP contribution in [0.2, 0.25) is 0 Å². The van der Waals surface area contributed by atoms with Gasteiger partial charge in [-0.15, -0.1) is 0 Å². The summed E-state index contributed by atoms with van der Waals surface area (Å²) in [6.07, 6.45) is 2.21. The number of methoxy groups -OCH3 is 3. The van der Waals surface area contributed by atoms with Gasteiger partial charge in [-0.2, -0.15) is 0 Å². The first-order valence-corrected chi connectivity index (χ1v) is 11.4. The maximum Gasteiger partial charge on any atom is 0.245 e. The average Bonchev–Trinajstić information content (AvgIpc) is 2.86. The lowest BCUT2D eigenvalue weighted by Crippen LogP contribution is -3.00. The number of rotatable bonds is 7. The van der Waals surface area contributed by atoms with Crippen LogP contribution in [0.15, 0.2) is 72.8 Å². The molecule has 0 unspecified atom stereocenters. The summed E-state index contributed by atoms with van der Waals surface area (Å²) >= 11 is 0. The van der Waals surface area contributed by atoms with Crippen LogP contribution in [0.5, 0.6) is 17.2 Å². The van der Waals surface area contributed by atoms with Crippen molar-refractivity contribution < 1.29 is 31.2 Å². The second-order valence-corrected chi connectivity index (χ2v) is 8.55. The Kier molecular flexibility index (Phi) is 7.17. The molecule has 180 valence electrons. The first kappa shape index (κ1) is 24.4. The number of halogens is 1. The van der Waals surface area contributed by atoms with Crippen molar-refractivity contribution in [3.05, 3.63) is 89.5 Å². The van der Waals surface area contributed by atoms with Crippen molar-refractivity contribution in [2.24, 2.45) is 0 Å². The fourth-order valence-electron chi connectivity index (χ4n) is 4.76. The fraction of sp³-hybridized carbons (Fsp3) is 0.207. The summed E-state index contributed by atoms with van der Waals surface area (Å²) in [5, 5.41) is 2.49. The van der Waals surface area contributed by atoms with Crippen LogP contribution in [0.4, 0.5) is 11.4 Å². The summed E-state index contributed by atoms with van der Waals surface area (Å²) < 4.78 is 19.0. The molecule has 4 aromatic rings. The summed E-state index contributed by atoms with van der Waals surface area (Å²) in [5.74, 6) is 1.91. The third-order valence-electron chi connectivity index (χ3n) is 6.27. The molecule has 0 aliphatic carbocycles. The second-order valence-electron chi connectivity index (χ2n) is 8.55. The first-order chi connectivity index (χ1) is 16.6. The van der Waals surface area contributed by atoms with Crippen LogP contribution >= 0.6 is 0 Å². The number of benzene rings is 4. The number of hydrogen-bond donors (Lipinski definition) is 0. The molecule has 0 aromatic heterocycles. The van der Waals surface area contributed by atoms with Gasteiger partial charge in [0.1, 0.15) is 24.5 Å². The minimum atomic E-state index is 0. The van der Waals surface area contributed by atoms with Gasteiger partial charge >= 0.3 is 0 Å². The largest absolute Gasteiger partial charge is 1.00 e. The van der Waals surface area contributed by atoms with Gasteiger partial charge in [0, 0.05) is 5.56 Å². The third-order valence-corrected chi connectivity index (χ3v) is 6.27. The van der Waals surface area contributed by atoms with Crippen molar-refractivity contribution in [1.82, 2.24) is 0 Å². The first-order valence-electron chi connectivity index (χ1n) is 11.4. The Hall–Kier alpha value is -3.70. The Labute approximate surface area is 212 Å². The predicted molar refractivity (Wildman–Crippen MR) is 137 cm³/mol. The normalized spacial score (nSPS) is 12.1. The van der Waals surface area contributed by atoms with Gasteiger partial charge in [0.25, 0.3) is 0 Å². The van der Waals surface area contributed by atoms with Gasteiger partial charge in [0.2, 0.25) is 12.1 Å². The maximum atomic E-state index is 5.59. The lowest BCUT2D eigenvalue weighted by Gasteiger charge is -2.24. The van der Waals surface area contributed by atoms with Crippen molar-refractivity contribution in [3.63, 3.8) is 0 Å². The van der Waals surface area contributed by atoms with Crippen molar-refractivity contribution in [1.29, 1.82) is 0 Å². The number of anilines is 1. The molecule has 35 heavy (non-hydrogen) atoms. The molecule has 5 rings (SSSR count). The molecule has 0 fully saturated rings. The fourth-order valence-corrected chi connectivity index (χ4v) is 4.76. The standard InChI is InChI=1S/C29H29N2O3.ClH/c1-20-8-5-9-21(14-20)17-30-19-31(25-13-7-11-23-10-6-12-24(30)28(23)25)18-22-15-26(32-2)29(34-4)27(16-22)33-3;/h5-16,19H,17-18H2,1-4H3;1H/q+1;/p-1. The van der Waals surface area contributed by atoms with Crippen LogP contribution < -0.4 is 31.5 Å². The van der Waals surface area contributed by atoms with Crippen LogP contribution in [0.3, 0.4) is 0 Å². The van der Waals surface area contributed by atoms with Gasteiger partial charge in [-0.3, -0.25) is 0 Å². The van der Waals surface area contributed by atoms with E-state index >= 15 is 0 Å². The van der Waals surface area contributed by atoms with E-state index in [2.05, 4.69) is 83.4 Å². The van der Waals surface area contributed by atoms with Gasteiger partial charge in [-0.05, 0) is 42.1 Å². The van der Waals surface area contributed by atoms with Crippen molar-refractivity contribution in [2.45, 2.75) is 20.0 Å². The van der Waals surface area contributed by atoms with Crippen LogP contribution in [0.1, 0.15) is 16.7 Å². The van der Waals surface area contributed by atoms with Crippen molar-refractivity contribution >= 4 is 28.5 Å². The molecule has 5 nitrogen and oxygen atoms in total. The van der Waals surface area contributed by atoms with Crippen molar-refractivity contribution in [3.8, 4) is 17.2 Å². The Morgan fingerprint density at radius 2 is 1.46 bits per heavy atom. The van der Waals surface area contributed by atoms with E-state index in [-0.39, 0.29) is 12.4 Å². The van der Waals surface area contributed by atoms with Crippen LogP contribution in [-0.4, -0.2) is 32.2 Å². The van der Waals surface area contributed by atoms with E-state index in [1.54, 1.807) is 21.3 Å². The molecule has 0 spiro atoms. The summed E-state index contributed by atoms with van der Waals surface area (Å²) in [7, 11) is 4.92. The Balaban J connectivity index is 0.00000289. The highest BCUT2D eigenvalue weighted by atomic mass is 35.5. The summed E-state index contributed by atoms with van der Waals surface area (Å²) in [6, 6.07) is 25.7. The molecular weight excluding hydrogens is 460 g/mol. The molecule has 4 aromatic carbocycles. The lowest BCUT2D eigenvalue weighted by atomic mass is 10.0. The molecule has 0 saturated heterocycles. The van der Waals surface area contributed by atoms with Gasteiger partial charge in [0.15, 0.2) is 11.5 Å². The molecule has 0 radical (unpaired) electrons. The number of nitrogens with zero attached hydrogens (tertiary/aromatic N) is 2. The average molecular weight is 489 g/mol. The van der Waals surface area contributed by atoms with E-state index in [0.717, 1.165) is 12.1 Å². The molecule has 1 heterocycles. The SMILES string of the molecule is COc1cc(C[N+]2=CN(Cc3cccc(C)c3)c3cccc4cccc2c34)cc(OC)c1OC.[Cl-]. The summed E-state index contributed by atoms with van der Waals surface area (Å²) in [5.41, 5.74) is 6.01. The predicted octanol–water partition coefficient (Wildman–Crippen LogP) is 3.07. The maximum absolute atomic E-state index is 5.59. The molecule has 0 bridgehead atoms. The van der Waals surface area contributed by atoms with E-state index in [0.29, 0.717) is 23.8 Å². The highest BCUT2D eigenvalue weighted by molar-refractivity contribution is 6.06. The quantitative estimate of drug-likeness (QED) is 0.374. The van der Waals surface area contributed by atoms with Gasteiger partial charge < -0.3 is 26.6 Å². The molecule has 0 N–H and O–H groups in total. The molecule has 0 atom stereocenters. The third kappa shape index (κ3) is 4.64. The van der Waals surface area contributed by atoms with Gasteiger partial charge in [0.05, 0.1) is 26.7 Å². The molecule has 0 amide bonds. The number of ether oxygens (including phenoxy) is 3. The Bertz CT molecular complexity index is 1370.